The number of ether oxygens (including phenoxy) is 2. The molecule has 1 atom stereocenters. The molecule has 0 aliphatic rings. The molecule has 0 spiro atoms. The molecule has 0 N–H and O–H groups in total. The van der Waals surface area contributed by atoms with Crippen molar-refractivity contribution in [2.24, 2.45) is 0 Å². The van der Waals surface area contributed by atoms with E-state index in [9.17, 15) is 0 Å². The van der Waals surface area contributed by atoms with E-state index in [1.807, 2.05) is 19.1 Å². The van der Waals surface area contributed by atoms with Crippen molar-refractivity contribution >= 4 is 0 Å². The van der Waals surface area contributed by atoms with Crippen LogP contribution in [-0.2, 0) is 10.2 Å². The summed E-state index contributed by atoms with van der Waals surface area (Å²) in [6.07, 6.45) is 1.26. The Balaban J connectivity index is 2.62. The summed E-state index contributed by atoms with van der Waals surface area (Å²) in [4.78, 5) is 0. The molecule has 0 aliphatic heterocycles. The van der Waals surface area contributed by atoms with Gasteiger partial charge in [-0.05, 0) is 36.5 Å². The molecular weight excluding hydrogens is 212 g/mol. The molecule has 0 aromatic heterocycles. The van der Waals surface area contributed by atoms with E-state index in [-0.39, 0.29) is 11.5 Å². The van der Waals surface area contributed by atoms with Crippen LogP contribution in [0.1, 0.15) is 39.7 Å². The van der Waals surface area contributed by atoms with Gasteiger partial charge < -0.3 is 9.47 Å². The molecule has 2 nitrogen and oxygen atoms in total. The van der Waals surface area contributed by atoms with Crippen molar-refractivity contribution in [2.75, 3.05) is 13.7 Å². The maximum absolute atomic E-state index is 5.63. The highest BCUT2D eigenvalue weighted by Gasteiger charge is 2.17. The molecule has 1 aromatic rings. The molecule has 0 aliphatic carbocycles. The minimum absolute atomic E-state index is 0.127. The lowest BCUT2D eigenvalue weighted by atomic mass is 9.82. The Kier molecular flexibility index (Phi) is 5.01. The van der Waals surface area contributed by atoms with E-state index in [1.54, 1.807) is 7.11 Å². The number of hydrogen-bond acceptors (Lipinski definition) is 2. The summed E-state index contributed by atoms with van der Waals surface area (Å²) in [6, 6.07) is 8.37. The summed E-state index contributed by atoms with van der Waals surface area (Å²) < 4.78 is 10.8. The van der Waals surface area contributed by atoms with Crippen molar-refractivity contribution < 1.29 is 9.47 Å². The molecule has 0 fully saturated rings. The average molecular weight is 236 g/mol. The third-order valence-electron chi connectivity index (χ3n) is 3.41. The van der Waals surface area contributed by atoms with Crippen molar-refractivity contribution in [3.8, 4) is 5.75 Å². The third kappa shape index (κ3) is 4.04. The van der Waals surface area contributed by atoms with Crippen molar-refractivity contribution in [3.05, 3.63) is 29.8 Å². The molecule has 1 aromatic carbocycles. The van der Waals surface area contributed by atoms with Crippen molar-refractivity contribution in [2.45, 2.75) is 45.6 Å². The van der Waals surface area contributed by atoms with Crippen LogP contribution in [-0.4, -0.2) is 19.8 Å². The van der Waals surface area contributed by atoms with Gasteiger partial charge in [-0.15, -0.1) is 0 Å². The SMILES string of the molecule is CCC(C)(C)c1ccc(OCC(C)OC)cc1. The molecule has 96 valence electrons. The van der Waals surface area contributed by atoms with Crippen LogP contribution in [0.15, 0.2) is 24.3 Å². The number of hydrogen-bond donors (Lipinski definition) is 0. The number of methoxy groups -OCH3 is 1. The zero-order chi connectivity index (χ0) is 12.9. The van der Waals surface area contributed by atoms with E-state index in [0.717, 1.165) is 12.2 Å². The molecule has 1 unspecified atom stereocenters. The first-order valence-electron chi connectivity index (χ1n) is 6.25. The molecular formula is C15H24O2. The maximum Gasteiger partial charge on any atom is 0.119 e. The fourth-order valence-electron chi connectivity index (χ4n) is 1.49. The van der Waals surface area contributed by atoms with E-state index in [0.29, 0.717) is 6.61 Å². The van der Waals surface area contributed by atoms with Crippen LogP contribution < -0.4 is 4.74 Å². The first kappa shape index (κ1) is 14.0. The van der Waals surface area contributed by atoms with Crippen LogP contribution in [0.4, 0.5) is 0 Å². The van der Waals surface area contributed by atoms with Gasteiger partial charge in [0.2, 0.25) is 0 Å². The van der Waals surface area contributed by atoms with Gasteiger partial charge >= 0.3 is 0 Å². The predicted molar refractivity (Wildman–Crippen MR) is 71.7 cm³/mol. The lowest BCUT2D eigenvalue weighted by Crippen LogP contribution is -2.17. The molecule has 0 saturated heterocycles. The maximum atomic E-state index is 5.63. The van der Waals surface area contributed by atoms with Gasteiger partial charge in [0, 0.05) is 7.11 Å². The predicted octanol–water partition coefficient (Wildman–Crippen LogP) is 3.79. The highest BCUT2D eigenvalue weighted by molar-refractivity contribution is 5.31. The lowest BCUT2D eigenvalue weighted by molar-refractivity contribution is 0.0716. The van der Waals surface area contributed by atoms with Gasteiger partial charge in [0.15, 0.2) is 0 Å². The Morgan fingerprint density at radius 3 is 2.24 bits per heavy atom. The normalized spacial score (nSPS) is 13.5. The second kappa shape index (κ2) is 6.06. The second-order valence-corrected chi connectivity index (χ2v) is 5.12. The molecule has 0 heterocycles. The van der Waals surface area contributed by atoms with Crippen LogP contribution in [0.5, 0.6) is 5.75 Å². The molecule has 17 heavy (non-hydrogen) atoms. The van der Waals surface area contributed by atoms with Gasteiger partial charge in [0.25, 0.3) is 0 Å². The van der Waals surface area contributed by atoms with Crippen molar-refractivity contribution in [1.82, 2.24) is 0 Å². The Hall–Kier alpha value is -1.02. The lowest BCUT2D eigenvalue weighted by Gasteiger charge is -2.23. The summed E-state index contributed by atoms with van der Waals surface area (Å²) in [6.45, 7) is 9.32. The minimum Gasteiger partial charge on any atom is -0.491 e. The first-order valence-corrected chi connectivity index (χ1v) is 6.25. The van der Waals surface area contributed by atoms with Gasteiger partial charge in [-0.3, -0.25) is 0 Å². The number of rotatable bonds is 6. The number of benzene rings is 1. The van der Waals surface area contributed by atoms with E-state index >= 15 is 0 Å². The zero-order valence-electron chi connectivity index (χ0n) is 11.6. The third-order valence-corrected chi connectivity index (χ3v) is 3.41. The molecule has 2 heteroatoms. The quantitative estimate of drug-likeness (QED) is 0.748. The van der Waals surface area contributed by atoms with Gasteiger partial charge in [-0.1, -0.05) is 32.9 Å². The summed E-state index contributed by atoms with van der Waals surface area (Å²) in [7, 11) is 1.70. The van der Waals surface area contributed by atoms with E-state index in [1.165, 1.54) is 5.56 Å². The molecule has 1 rings (SSSR count). The van der Waals surface area contributed by atoms with Crippen LogP contribution >= 0.6 is 0 Å². The second-order valence-electron chi connectivity index (χ2n) is 5.12. The summed E-state index contributed by atoms with van der Waals surface area (Å²) in [5.41, 5.74) is 1.59. The highest BCUT2D eigenvalue weighted by Crippen LogP contribution is 2.28. The van der Waals surface area contributed by atoms with E-state index in [2.05, 4.69) is 32.9 Å². The Morgan fingerprint density at radius 2 is 1.76 bits per heavy atom. The van der Waals surface area contributed by atoms with Crippen molar-refractivity contribution in [1.29, 1.82) is 0 Å². The van der Waals surface area contributed by atoms with Crippen LogP contribution in [0, 0.1) is 0 Å². The van der Waals surface area contributed by atoms with Crippen molar-refractivity contribution in [3.63, 3.8) is 0 Å². The van der Waals surface area contributed by atoms with E-state index in [4.69, 9.17) is 9.47 Å². The van der Waals surface area contributed by atoms with Crippen LogP contribution in [0.2, 0.25) is 0 Å². The summed E-state index contributed by atoms with van der Waals surface area (Å²) in [5, 5.41) is 0. The van der Waals surface area contributed by atoms with Gasteiger partial charge in [0.05, 0.1) is 6.10 Å². The molecule has 0 bridgehead atoms. The Labute approximate surface area is 105 Å². The van der Waals surface area contributed by atoms with Gasteiger partial charge in [0.1, 0.15) is 12.4 Å². The van der Waals surface area contributed by atoms with Crippen LogP contribution in [0.3, 0.4) is 0 Å². The van der Waals surface area contributed by atoms with E-state index < -0.39 is 0 Å². The molecule has 0 radical (unpaired) electrons. The zero-order valence-corrected chi connectivity index (χ0v) is 11.6. The fourth-order valence-corrected chi connectivity index (χ4v) is 1.49. The molecule has 0 amide bonds. The topological polar surface area (TPSA) is 18.5 Å². The highest BCUT2D eigenvalue weighted by atomic mass is 16.5. The Bertz CT molecular complexity index is 327. The largest absolute Gasteiger partial charge is 0.491 e. The van der Waals surface area contributed by atoms with Gasteiger partial charge in [-0.25, -0.2) is 0 Å². The minimum atomic E-state index is 0.127. The monoisotopic (exact) mass is 236 g/mol. The Morgan fingerprint density at radius 1 is 1.18 bits per heavy atom. The smallest absolute Gasteiger partial charge is 0.119 e. The standard InChI is InChI=1S/C15H24O2/c1-6-15(3,4)13-7-9-14(10-8-13)17-11-12(2)16-5/h7-10,12H,6,11H2,1-5H3. The fraction of sp³-hybridized carbons (Fsp3) is 0.600. The van der Waals surface area contributed by atoms with Gasteiger partial charge in [-0.2, -0.15) is 0 Å². The summed E-state index contributed by atoms with van der Waals surface area (Å²) >= 11 is 0. The molecule has 0 saturated carbocycles. The summed E-state index contributed by atoms with van der Waals surface area (Å²) in [5.74, 6) is 0.907. The van der Waals surface area contributed by atoms with Crippen LogP contribution in [0.25, 0.3) is 0 Å². The first-order chi connectivity index (χ1) is 7.99. The average Bonchev–Trinajstić information content (AvgIpc) is 2.36.